The highest BCUT2D eigenvalue weighted by atomic mass is 32.2. The molecule has 4 rings (SSSR count). The Bertz CT molecular complexity index is 1780. The Morgan fingerprint density at radius 3 is 2.22 bits per heavy atom. The summed E-state index contributed by atoms with van der Waals surface area (Å²) in [7, 11) is -3.92. The number of benzene rings is 4. The van der Waals surface area contributed by atoms with Crippen molar-refractivity contribution < 1.29 is 32.3 Å². The highest BCUT2D eigenvalue weighted by Gasteiger charge is 2.19. The molecule has 4 aromatic carbocycles. The summed E-state index contributed by atoms with van der Waals surface area (Å²) in [6.07, 6.45) is 3.55. The van der Waals surface area contributed by atoms with E-state index in [-0.39, 0.29) is 16.4 Å². The van der Waals surface area contributed by atoms with Gasteiger partial charge in [-0.3, -0.25) is 19.1 Å². The molecule has 9 nitrogen and oxygen atoms in total. The SMILES string of the molecule is CCc1cccc(NS(=O)(=O)c2cccc3c(NC(=O)/C=C/c4ccc(OC(C)=O)c(OC(C)=O)c4)cccc23)c1. The van der Waals surface area contributed by atoms with Gasteiger partial charge in [-0.05, 0) is 60.0 Å². The average Bonchev–Trinajstić information content (AvgIpc) is 2.92. The van der Waals surface area contributed by atoms with E-state index >= 15 is 0 Å². The fourth-order valence-electron chi connectivity index (χ4n) is 4.14. The van der Waals surface area contributed by atoms with Crippen molar-refractivity contribution in [2.75, 3.05) is 10.0 Å². The zero-order valence-electron chi connectivity index (χ0n) is 22.6. The van der Waals surface area contributed by atoms with Crippen LogP contribution in [0.25, 0.3) is 16.8 Å². The molecule has 210 valence electrons. The molecule has 10 heteroatoms. The van der Waals surface area contributed by atoms with E-state index in [1.54, 1.807) is 54.6 Å². The van der Waals surface area contributed by atoms with Crippen LogP contribution in [0.15, 0.2) is 89.8 Å². The fraction of sp³-hybridized carbons (Fsp3) is 0.129. The number of rotatable bonds is 9. The number of nitrogens with one attached hydrogen (secondary N) is 2. The summed E-state index contributed by atoms with van der Waals surface area (Å²) in [5, 5.41) is 3.78. The molecule has 0 aliphatic rings. The molecule has 0 bridgehead atoms. The molecule has 0 heterocycles. The zero-order chi connectivity index (χ0) is 29.6. The van der Waals surface area contributed by atoms with Crippen LogP contribution in [0.3, 0.4) is 0 Å². The standard InChI is InChI=1S/C31H28N2O7S/c1-4-22-8-5-9-24(18-22)33-41(37,38)30-13-7-10-25-26(30)11-6-12-27(25)32-31(36)17-15-23-14-16-28(39-20(2)34)29(19-23)40-21(3)35/h5-19,33H,4H2,1-3H3,(H,32,36)/b17-15+. The molecule has 0 saturated carbocycles. The normalized spacial score (nSPS) is 11.3. The largest absolute Gasteiger partial charge is 0.423 e. The third-order valence-corrected chi connectivity index (χ3v) is 7.36. The van der Waals surface area contributed by atoms with Crippen molar-refractivity contribution in [2.24, 2.45) is 0 Å². The van der Waals surface area contributed by atoms with E-state index in [0.29, 0.717) is 27.7 Å². The molecule has 4 aromatic rings. The maximum Gasteiger partial charge on any atom is 0.308 e. The molecule has 41 heavy (non-hydrogen) atoms. The summed E-state index contributed by atoms with van der Waals surface area (Å²) in [6.45, 7) is 4.43. The van der Waals surface area contributed by atoms with E-state index < -0.39 is 27.9 Å². The molecular weight excluding hydrogens is 544 g/mol. The number of sulfonamides is 1. The summed E-state index contributed by atoms with van der Waals surface area (Å²) in [5.41, 5.74) is 2.41. The molecule has 2 N–H and O–H groups in total. The van der Waals surface area contributed by atoms with Crippen LogP contribution in [0.2, 0.25) is 0 Å². The lowest BCUT2D eigenvalue weighted by molar-refractivity contribution is -0.134. The lowest BCUT2D eigenvalue weighted by atomic mass is 10.1. The number of esters is 2. The van der Waals surface area contributed by atoms with Crippen LogP contribution >= 0.6 is 0 Å². The van der Waals surface area contributed by atoms with E-state index in [9.17, 15) is 22.8 Å². The number of hydrogen-bond acceptors (Lipinski definition) is 7. The Balaban J connectivity index is 1.57. The van der Waals surface area contributed by atoms with Gasteiger partial charge >= 0.3 is 11.9 Å². The number of fused-ring (bicyclic) bond motifs is 1. The Morgan fingerprint density at radius 2 is 1.49 bits per heavy atom. The molecule has 0 atom stereocenters. The molecule has 0 unspecified atom stereocenters. The van der Waals surface area contributed by atoms with Crippen LogP contribution < -0.4 is 19.5 Å². The van der Waals surface area contributed by atoms with Crippen molar-refractivity contribution in [2.45, 2.75) is 32.1 Å². The van der Waals surface area contributed by atoms with Gasteiger partial charge in [0.15, 0.2) is 11.5 Å². The maximum atomic E-state index is 13.3. The lowest BCUT2D eigenvalue weighted by Gasteiger charge is -2.13. The van der Waals surface area contributed by atoms with Crippen molar-refractivity contribution in [3.63, 3.8) is 0 Å². The second-order valence-electron chi connectivity index (χ2n) is 9.03. The molecule has 0 spiro atoms. The molecule has 0 aliphatic carbocycles. The van der Waals surface area contributed by atoms with E-state index in [4.69, 9.17) is 9.47 Å². The summed E-state index contributed by atoms with van der Waals surface area (Å²) >= 11 is 0. The van der Waals surface area contributed by atoms with Crippen molar-refractivity contribution in [3.8, 4) is 11.5 Å². The van der Waals surface area contributed by atoms with Crippen molar-refractivity contribution in [3.05, 3.63) is 96.1 Å². The van der Waals surface area contributed by atoms with E-state index in [2.05, 4.69) is 10.0 Å². The Hall–Kier alpha value is -4.96. The van der Waals surface area contributed by atoms with Gasteiger partial charge in [0.1, 0.15) is 0 Å². The van der Waals surface area contributed by atoms with Crippen LogP contribution in [0.1, 0.15) is 31.9 Å². The highest BCUT2D eigenvalue weighted by molar-refractivity contribution is 7.93. The minimum absolute atomic E-state index is 0.0353. The minimum Gasteiger partial charge on any atom is -0.423 e. The monoisotopic (exact) mass is 572 g/mol. The first kappa shape index (κ1) is 29.0. The van der Waals surface area contributed by atoms with Gasteiger partial charge in [-0.25, -0.2) is 8.42 Å². The average molecular weight is 573 g/mol. The maximum absolute atomic E-state index is 13.3. The Kier molecular flexibility index (Phi) is 8.84. The third kappa shape index (κ3) is 7.37. The minimum atomic E-state index is -3.92. The number of aryl methyl sites for hydroxylation is 1. The first-order valence-corrected chi connectivity index (χ1v) is 14.2. The number of hydrogen-bond donors (Lipinski definition) is 2. The molecule has 1 amide bonds. The number of anilines is 2. The summed E-state index contributed by atoms with van der Waals surface area (Å²) in [5.74, 6) is -1.54. The Morgan fingerprint density at radius 1 is 0.805 bits per heavy atom. The quantitative estimate of drug-likeness (QED) is 0.149. The fourth-order valence-corrected chi connectivity index (χ4v) is 5.41. The van der Waals surface area contributed by atoms with Gasteiger partial charge in [0.25, 0.3) is 10.0 Å². The molecule has 0 fully saturated rings. The van der Waals surface area contributed by atoms with Crippen molar-refractivity contribution >= 4 is 56.1 Å². The number of amides is 1. The van der Waals surface area contributed by atoms with Gasteiger partial charge in [-0.15, -0.1) is 0 Å². The van der Waals surface area contributed by atoms with Gasteiger partial charge in [-0.2, -0.15) is 0 Å². The van der Waals surface area contributed by atoms with Crippen LogP contribution in [-0.2, 0) is 30.8 Å². The lowest BCUT2D eigenvalue weighted by Crippen LogP contribution is -2.14. The molecule has 0 aliphatic heterocycles. The predicted molar refractivity (Wildman–Crippen MR) is 157 cm³/mol. The van der Waals surface area contributed by atoms with Gasteiger partial charge in [-0.1, -0.05) is 49.4 Å². The molecular formula is C31H28N2O7S. The summed E-state index contributed by atoms with van der Waals surface area (Å²) in [4.78, 5) is 35.7. The summed E-state index contributed by atoms with van der Waals surface area (Å²) in [6, 6.07) is 21.6. The van der Waals surface area contributed by atoms with Crippen molar-refractivity contribution in [1.82, 2.24) is 0 Å². The molecule has 0 saturated heterocycles. The highest BCUT2D eigenvalue weighted by Crippen LogP contribution is 2.31. The number of carbonyl (C=O) groups excluding carboxylic acids is 3. The zero-order valence-corrected chi connectivity index (χ0v) is 23.4. The second-order valence-corrected chi connectivity index (χ2v) is 10.7. The van der Waals surface area contributed by atoms with Crippen LogP contribution in [0, 0.1) is 0 Å². The predicted octanol–water partition coefficient (Wildman–Crippen LogP) is 5.71. The number of carbonyl (C=O) groups is 3. The van der Waals surface area contributed by atoms with Gasteiger partial charge < -0.3 is 14.8 Å². The first-order valence-electron chi connectivity index (χ1n) is 12.7. The van der Waals surface area contributed by atoms with Crippen molar-refractivity contribution in [1.29, 1.82) is 0 Å². The Labute approximate surface area is 237 Å². The smallest absolute Gasteiger partial charge is 0.308 e. The first-order chi connectivity index (χ1) is 19.6. The van der Waals surface area contributed by atoms with E-state index in [1.165, 1.54) is 44.2 Å². The van der Waals surface area contributed by atoms with Crippen LogP contribution in [0.4, 0.5) is 11.4 Å². The van der Waals surface area contributed by atoms with Crippen LogP contribution in [0.5, 0.6) is 11.5 Å². The molecule has 0 radical (unpaired) electrons. The number of ether oxygens (including phenoxy) is 2. The van der Waals surface area contributed by atoms with Gasteiger partial charge in [0, 0.05) is 42.1 Å². The van der Waals surface area contributed by atoms with E-state index in [0.717, 1.165) is 12.0 Å². The van der Waals surface area contributed by atoms with Gasteiger partial charge in [0.2, 0.25) is 5.91 Å². The van der Waals surface area contributed by atoms with E-state index in [1.807, 2.05) is 13.0 Å². The second kappa shape index (κ2) is 12.5. The molecule has 0 aromatic heterocycles. The van der Waals surface area contributed by atoms with Crippen LogP contribution in [-0.4, -0.2) is 26.3 Å². The van der Waals surface area contributed by atoms with Gasteiger partial charge in [0.05, 0.1) is 4.90 Å². The summed E-state index contributed by atoms with van der Waals surface area (Å²) < 4.78 is 39.5. The third-order valence-electron chi connectivity index (χ3n) is 5.92. The topological polar surface area (TPSA) is 128 Å².